The molecule has 4 rings (SSSR count). The number of aliphatic hydroxyl groups is 1. The van der Waals surface area contributed by atoms with Crippen LogP contribution < -0.4 is 15.4 Å². The van der Waals surface area contributed by atoms with Crippen molar-refractivity contribution < 1.29 is 31.5 Å². The van der Waals surface area contributed by atoms with Crippen LogP contribution in [0.1, 0.15) is 41.8 Å². The fourth-order valence-electron chi connectivity index (χ4n) is 3.98. The molecule has 2 aromatic heterocycles. The Bertz CT molecular complexity index is 1480. The van der Waals surface area contributed by atoms with E-state index in [0.717, 1.165) is 0 Å². The smallest absolute Gasteiger partial charge is 0.388 e. The third-order valence-electron chi connectivity index (χ3n) is 6.19. The van der Waals surface area contributed by atoms with Gasteiger partial charge in [0.05, 0.1) is 11.4 Å². The Labute approximate surface area is 228 Å². The predicted molar refractivity (Wildman–Crippen MR) is 143 cm³/mol. The van der Waals surface area contributed by atoms with Crippen LogP contribution >= 0.6 is 0 Å². The Hall–Kier alpha value is -3.98. The lowest BCUT2D eigenvalue weighted by Gasteiger charge is -2.19. The van der Waals surface area contributed by atoms with Crippen LogP contribution in [0.5, 0.6) is 0 Å². The van der Waals surface area contributed by atoms with Crippen molar-refractivity contribution in [1.82, 2.24) is 19.9 Å². The molecule has 1 aromatic carbocycles. The van der Waals surface area contributed by atoms with Crippen molar-refractivity contribution in [1.29, 1.82) is 0 Å². The van der Waals surface area contributed by atoms with E-state index in [0.29, 0.717) is 36.0 Å². The molecule has 40 heavy (non-hydrogen) atoms. The van der Waals surface area contributed by atoms with Crippen LogP contribution in [0.15, 0.2) is 48.8 Å². The van der Waals surface area contributed by atoms with Gasteiger partial charge in [0, 0.05) is 48.8 Å². The third-order valence-corrected chi connectivity index (χ3v) is 7.46. The van der Waals surface area contributed by atoms with Gasteiger partial charge in [-0.05, 0) is 50.6 Å². The van der Waals surface area contributed by atoms with Crippen LogP contribution in [0.3, 0.4) is 0 Å². The van der Waals surface area contributed by atoms with Gasteiger partial charge in [0.15, 0.2) is 0 Å². The molecule has 1 aliphatic rings. The van der Waals surface area contributed by atoms with Crippen molar-refractivity contribution in [2.45, 2.75) is 38.6 Å². The molecule has 1 saturated heterocycles. The first-order chi connectivity index (χ1) is 18.8. The lowest BCUT2D eigenvalue weighted by atomic mass is 10.1. The van der Waals surface area contributed by atoms with Gasteiger partial charge < -0.3 is 20.6 Å². The van der Waals surface area contributed by atoms with Gasteiger partial charge in [0.1, 0.15) is 17.2 Å². The number of nitrogens with one attached hydrogen (secondary N) is 3. The minimum atomic E-state index is -4.76. The topological polar surface area (TPSA) is 149 Å². The zero-order valence-corrected chi connectivity index (χ0v) is 22.5. The Morgan fingerprint density at radius 2 is 1.88 bits per heavy atom. The van der Waals surface area contributed by atoms with E-state index >= 15 is 0 Å². The van der Waals surface area contributed by atoms with E-state index < -0.39 is 33.2 Å². The minimum absolute atomic E-state index is 0.00926. The van der Waals surface area contributed by atoms with Crippen molar-refractivity contribution in [2.24, 2.45) is 0 Å². The number of alkyl halides is 3. The van der Waals surface area contributed by atoms with E-state index in [-0.39, 0.29) is 36.5 Å². The first-order valence-corrected chi connectivity index (χ1v) is 13.9. The number of β-amino-alcohol motifs (C(OH)–C–C–N with tert-alkyl or cyclic N) is 1. The van der Waals surface area contributed by atoms with Gasteiger partial charge in [-0.3, -0.25) is 9.52 Å². The minimum Gasteiger partial charge on any atom is -0.388 e. The van der Waals surface area contributed by atoms with Crippen LogP contribution in [-0.2, 0) is 22.7 Å². The SMILES string of the molecule is CCS(=O)(=O)Nc1ncccc1CNc1nc(Nc2ccc(C(=O)N3CCC(C)(O)C3)cc2)ncc1C(F)(F)F. The van der Waals surface area contributed by atoms with Gasteiger partial charge in [-0.25, -0.2) is 18.4 Å². The summed E-state index contributed by atoms with van der Waals surface area (Å²) in [6.07, 6.45) is -2.28. The number of likely N-dealkylation sites (tertiary alicyclic amines) is 1. The van der Waals surface area contributed by atoms with Crippen LogP contribution in [0.25, 0.3) is 0 Å². The lowest BCUT2D eigenvalue weighted by molar-refractivity contribution is -0.137. The summed E-state index contributed by atoms with van der Waals surface area (Å²) >= 11 is 0. The summed E-state index contributed by atoms with van der Waals surface area (Å²) < 4.78 is 67.3. The fraction of sp³-hybridized carbons (Fsp3) is 0.360. The monoisotopic (exact) mass is 579 g/mol. The number of sulfonamides is 1. The van der Waals surface area contributed by atoms with Crippen LogP contribution in [0.4, 0.5) is 36.4 Å². The molecule has 3 heterocycles. The van der Waals surface area contributed by atoms with Crippen molar-refractivity contribution in [3.63, 3.8) is 0 Å². The molecule has 1 unspecified atom stereocenters. The summed E-state index contributed by atoms with van der Waals surface area (Å²) in [4.78, 5) is 26.0. The van der Waals surface area contributed by atoms with Gasteiger partial charge in [-0.15, -0.1) is 0 Å². The van der Waals surface area contributed by atoms with E-state index in [1.165, 1.54) is 25.3 Å². The Morgan fingerprint density at radius 3 is 2.50 bits per heavy atom. The van der Waals surface area contributed by atoms with E-state index in [9.17, 15) is 31.5 Å². The highest BCUT2D eigenvalue weighted by Crippen LogP contribution is 2.34. The molecule has 1 aliphatic heterocycles. The summed E-state index contributed by atoms with van der Waals surface area (Å²) in [7, 11) is -3.66. The number of aromatic nitrogens is 3. The molecule has 0 spiro atoms. The normalized spacial score (nSPS) is 17.5. The highest BCUT2D eigenvalue weighted by atomic mass is 32.2. The molecule has 3 aromatic rings. The van der Waals surface area contributed by atoms with Gasteiger partial charge >= 0.3 is 6.18 Å². The lowest BCUT2D eigenvalue weighted by Crippen LogP contribution is -2.33. The number of carbonyl (C=O) groups is 1. The fourth-order valence-corrected chi connectivity index (χ4v) is 4.60. The maximum atomic E-state index is 13.7. The second-order valence-electron chi connectivity index (χ2n) is 9.50. The Balaban J connectivity index is 1.51. The number of hydrogen-bond acceptors (Lipinski definition) is 9. The van der Waals surface area contributed by atoms with E-state index in [2.05, 4.69) is 30.3 Å². The van der Waals surface area contributed by atoms with Crippen molar-refractivity contribution in [3.05, 3.63) is 65.5 Å². The van der Waals surface area contributed by atoms with Crippen LogP contribution in [0, 0.1) is 0 Å². The molecule has 1 fully saturated rings. The second-order valence-corrected chi connectivity index (χ2v) is 11.5. The van der Waals surface area contributed by atoms with Gasteiger partial charge in [0.2, 0.25) is 16.0 Å². The number of halogens is 3. The number of hydrogen-bond donors (Lipinski definition) is 4. The first kappa shape index (κ1) is 29.0. The molecular weight excluding hydrogens is 551 g/mol. The van der Waals surface area contributed by atoms with E-state index in [1.54, 1.807) is 36.1 Å². The van der Waals surface area contributed by atoms with E-state index in [1.807, 2.05) is 0 Å². The molecule has 0 radical (unpaired) electrons. The quantitative estimate of drug-likeness (QED) is 0.298. The summed E-state index contributed by atoms with van der Waals surface area (Å²) in [5, 5.41) is 15.5. The Morgan fingerprint density at radius 1 is 1.15 bits per heavy atom. The standard InChI is InChI=1S/C25H28F3N7O4S/c1-3-40(38,39)34-20-17(5-4-11-29-20)13-30-21-19(25(26,27)28)14-31-23(33-21)32-18-8-6-16(7-9-18)22(36)35-12-10-24(2,37)15-35/h4-9,11,14,37H,3,10,12-13,15H2,1-2H3,(H,29,34)(H2,30,31,32,33). The second kappa shape index (κ2) is 11.3. The average Bonchev–Trinajstić information content (AvgIpc) is 3.27. The number of nitrogens with zero attached hydrogens (tertiary/aromatic N) is 4. The predicted octanol–water partition coefficient (Wildman–Crippen LogP) is 3.60. The molecule has 0 saturated carbocycles. The van der Waals surface area contributed by atoms with Crippen molar-refractivity contribution in [3.8, 4) is 0 Å². The average molecular weight is 580 g/mol. The summed E-state index contributed by atoms with van der Waals surface area (Å²) in [5.41, 5.74) is -0.907. The summed E-state index contributed by atoms with van der Waals surface area (Å²) in [5.74, 6) is -1.11. The largest absolute Gasteiger partial charge is 0.421 e. The highest BCUT2D eigenvalue weighted by Gasteiger charge is 2.36. The Kier molecular flexibility index (Phi) is 8.16. The molecule has 1 amide bonds. The molecule has 0 bridgehead atoms. The molecule has 1 atom stereocenters. The molecule has 15 heteroatoms. The molecule has 214 valence electrons. The number of rotatable bonds is 9. The maximum absolute atomic E-state index is 13.7. The number of anilines is 4. The molecule has 0 aliphatic carbocycles. The molecule has 4 N–H and O–H groups in total. The number of amides is 1. The zero-order valence-electron chi connectivity index (χ0n) is 21.7. The summed E-state index contributed by atoms with van der Waals surface area (Å²) in [6, 6.07) is 9.30. The van der Waals surface area contributed by atoms with Crippen molar-refractivity contribution in [2.75, 3.05) is 34.2 Å². The number of carbonyl (C=O) groups excluding carboxylic acids is 1. The maximum Gasteiger partial charge on any atom is 0.421 e. The van der Waals surface area contributed by atoms with E-state index in [4.69, 9.17) is 0 Å². The summed E-state index contributed by atoms with van der Waals surface area (Å²) in [6.45, 7) is 3.57. The van der Waals surface area contributed by atoms with Crippen LogP contribution in [0.2, 0.25) is 0 Å². The highest BCUT2D eigenvalue weighted by molar-refractivity contribution is 7.92. The first-order valence-electron chi connectivity index (χ1n) is 12.3. The van der Waals surface area contributed by atoms with Gasteiger partial charge in [-0.1, -0.05) is 6.07 Å². The van der Waals surface area contributed by atoms with Gasteiger partial charge in [-0.2, -0.15) is 18.2 Å². The molecule has 11 nitrogen and oxygen atoms in total. The van der Waals surface area contributed by atoms with Crippen LogP contribution in [-0.4, -0.2) is 63.7 Å². The zero-order chi connectivity index (χ0) is 29.1. The molecular formula is C25H28F3N7O4S. The third kappa shape index (κ3) is 7.15. The van der Waals surface area contributed by atoms with Crippen molar-refractivity contribution >= 4 is 39.2 Å². The van der Waals surface area contributed by atoms with Gasteiger partial charge in [0.25, 0.3) is 5.91 Å². The number of pyridine rings is 1. The number of benzene rings is 1.